The predicted octanol–water partition coefficient (Wildman–Crippen LogP) is 3.91. The molecule has 0 saturated heterocycles. The molecule has 10 heteroatoms. The minimum atomic E-state index is -3.02. The fourth-order valence-electron chi connectivity index (χ4n) is 3.66. The number of ether oxygens (including phenoxy) is 1. The van der Waals surface area contributed by atoms with E-state index in [-0.39, 0.29) is 22.4 Å². The summed E-state index contributed by atoms with van der Waals surface area (Å²) >= 11 is 6.17. The van der Waals surface area contributed by atoms with E-state index in [1.54, 1.807) is 29.2 Å². The molecule has 1 unspecified atom stereocenters. The number of pyridine rings is 2. The quantitative estimate of drug-likeness (QED) is 0.502. The molecule has 0 aliphatic carbocycles. The molecule has 0 bridgehead atoms. The average Bonchev–Trinajstić information content (AvgIpc) is 3.13. The summed E-state index contributed by atoms with van der Waals surface area (Å²) in [7, 11) is 0. The molecule has 1 aliphatic heterocycles. The number of carboxylic acid groups (broad SMARTS) is 1. The van der Waals surface area contributed by atoms with E-state index in [1.165, 1.54) is 24.5 Å². The highest BCUT2D eigenvalue weighted by Crippen LogP contribution is 2.35. The fourth-order valence-corrected chi connectivity index (χ4v) is 3.89. The first kappa shape index (κ1) is 23.6. The van der Waals surface area contributed by atoms with Gasteiger partial charge in [-0.3, -0.25) is 9.78 Å². The van der Waals surface area contributed by atoms with Crippen LogP contribution in [0.4, 0.5) is 8.78 Å². The summed E-state index contributed by atoms with van der Waals surface area (Å²) in [6.45, 7) is 2.04. The normalized spacial score (nSPS) is 14.1. The van der Waals surface area contributed by atoms with Crippen molar-refractivity contribution in [3.05, 3.63) is 76.1 Å². The van der Waals surface area contributed by atoms with Gasteiger partial charge in [0.1, 0.15) is 5.02 Å². The van der Waals surface area contributed by atoms with Gasteiger partial charge in [-0.1, -0.05) is 23.7 Å². The van der Waals surface area contributed by atoms with Gasteiger partial charge in [-0.15, -0.1) is 0 Å². The van der Waals surface area contributed by atoms with Crippen LogP contribution in [-0.4, -0.2) is 39.3 Å². The van der Waals surface area contributed by atoms with Gasteiger partial charge in [-0.2, -0.15) is 0 Å². The number of hydrogen-bond donors (Lipinski definition) is 0. The molecule has 0 N–H and O–H groups in total. The highest BCUT2D eigenvalue weighted by atomic mass is 35.5. The topological polar surface area (TPSA) is 95.4 Å². The number of carbonyl (C=O) groups is 2. The molecule has 2 aromatic heterocycles. The Morgan fingerprint density at radius 1 is 1.26 bits per heavy atom. The summed E-state index contributed by atoms with van der Waals surface area (Å²) < 4.78 is 31.1. The van der Waals surface area contributed by atoms with Crippen LogP contribution in [0.25, 0.3) is 11.3 Å². The number of aromatic carboxylic acids is 1. The van der Waals surface area contributed by atoms with Crippen molar-refractivity contribution in [2.75, 3.05) is 6.61 Å². The van der Waals surface area contributed by atoms with Crippen LogP contribution < -0.4 is 9.84 Å². The fraction of sp³-hybridized carbons (Fsp3) is 0.250. The zero-order chi connectivity index (χ0) is 24.6. The lowest BCUT2D eigenvalue weighted by Gasteiger charge is -2.25. The summed E-state index contributed by atoms with van der Waals surface area (Å²) in [5.41, 5.74) is 2.91. The SMILES string of the molecule is CC(c1cnc(OCC(C)(F)F)c(Cl)c1)N1Cc2ccc(-c3cc(C(=O)[O-])ccn3)cc2C1=O. The Balaban J connectivity index is 1.55. The van der Waals surface area contributed by atoms with E-state index in [9.17, 15) is 23.5 Å². The van der Waals surface area contributed by atoms with Gasteiger partial charge in [-0.05, 0) is 42.3 Å². The third-order valence-corrected chi connectivity index (χ3v) is 5.74. The van der Waals surface area contributed by atoms with Crippen LogP contribution in [-0.2, 0) is 6.54 Å². The molecular weight excluding hydrogens is 468 g/mol. The first-order valence-electron chi connectivity index (χ1n) is 10.3. The Morgan fingerprint density at radius 3 is 2.71 bits per heavy atom. The highest BCUT2D eigenvalue weighted by Gasteiger charge is 2.32. The smallest absolute Gasteiger partial charge is 0.278 e. The molecule has 0 fully saturated rings. The number of fused-ring (bicyclic) bond motifs is 1. The van der Waals surface area contributed by atoms with Crippen LogP contribution in [0.5, 0.6) is 5.88 Å². The summed E-state index contributed by atoms with van der Waals surface area (Å²) in [4.78, 5) is 34.2. The van der Waals surface area contributed by atoms with Gasteiger partial charge in [0.25, 0.3) is 11.8 Å². The van der Waals surface area contributed by atoms with Crippen molar-refractivity contribution in [1.82, 2.24) is 14.9 Å². The van der Waals surface area contributed by atoms with Gasteiger partial charge in [-0.25, -0.2) is 13.8 Å². The van der Waals surface area contributed by atoms with Crippen LogP contribution >= 0.6 is 11.6 Å². The Hall–Kier alpha value is -3.59. The second kappa shape index (κ2) is 8.98. The molecule has 1 atom stereocenters. The Kier molecular flexibility index (Phi) is 6.22. The molecule has 3 aromatic rings. The first-order valence-corrected chi connectivity index (χ1v) is 10.7. The van der Waals surface area contributed by atoms with Gasteiger partial charge < -0.3 is 19.5 Å². The van der Waals surface area contributed by atoms with Gasteiger partial charge in [0.2, 0.25) is 5.88 Å². The van der Waals surface area contributed by atoms with Crippen molar-refractivity contribution in [2.24, 2.45) is 0 Å². The van der Waals surface area contributed by atoms with E-state index in [0.717, 1.165) is 12.5 Å². The van der Waals surface area contributed by atoms with E-state index in [0.29, 0.717) is 28.9 Å². The molecule has 0 saturated carbocycles. The minimum Gasteiger partial charge on any atom is -0.545 e. The number of hydrogen-bond acceptors (Lipinski definition) is 6. The molecule has 7 nitrogen and oxygen atoms in total. The van der Waals surface area contributed by atoms with E-state index < -0.39 is 24.5 Å². The van der Waals surface area contributed by atoms with Crippen molar-refractivity contribution < 1.29 is 28.2 Å². The number of alkyl halides is 2. The van der Waals surface area contributed by atoms with Crippen molar-refractivity contribution >= 4 is 23.5 Å². The maximum atomic E-state index is 13.2. The number of halogens is 3. The maximum Gasteiger partial charge on any atom is 0.278 e. The van der Waals surface area contributed by atoms with E-state index in [1.807, 2.05) is 6.92 Å². The third kappa shape index (κ3) is 4.84. The summed E-state index contributed by atoms with van der Waals surface area (Å²) in [5.74, 6) is -4.66. The number of carboxylic acids is 1. The van der Waals surface area contributed by atoms with E-state index >= 15 is 0 Å². The number of carbonyl (C=O) groups excluding carboxylic acids is 2. The Bertz CT molecular complexity index is 1280. The summed E-state index contributed by atoms with van der Waals surface area (Å²) in [6, 6.07) is 9.12. The Labute approximate surface area is 199 Å². The molecule has 0 radical (unpaired) electrons. The molecule has 0 spiro atoms. The predicted molar refractivity (Wildman–Crippen MR) is 118 cm³/mol. The number of nitrogens with zero attached hydrogens (tertiary/aromatic N) is 3. The average molecular weight is 487 g/mol. The number of benzene rings is 1. The van der Waals surface area contributed by atoms with Crippen LogP contribution in [0.3, 0.4) is 0 Å². The lowest BCUT2D eigenvalue weighted by atomic mass is 10.0. The van der Waals surface area contributed by atoms with Crippen molar-refractivity contribution in [3.8, 4) is 17.1 Å². The molecular formula is C24H19ClF2N3O4-. The third-order valence-electron chi connectivity index (χ3n) is 5.47. The van der Waals surface area contributed by atoms with Crippen LogP contribution in [0.2, 0.25) is 5.02 Å². The van der Waals surface area contributed by atoms with Gasteiger partial charge in [0, 0.05) is 42.6 Å². The van der Waals surface area contributed by atoms with Crippen LogP contribution in [0, 0.1) is 0 Å². The molecule has 4 rings (SSSR count). The minimum absolute atomic E-state index is 0.00784. The zero-order valence-electron chi connectivity index (χ0n) is 18.2. The summed E-state index contributed by atoms with van der Waals surface area (Å²) in [5, 5.41) is 11.2. The summed E-state index contributed by atoms with van der Waals surface area (Å²) in [6.07, 6.45) is 2.81. The van der Waals surface area contributed by atoms with Crippen LogP contribution in [0.1, 0.15) is 51.7 Å². The van der Waals surface area contributed by atoms with E-state index in [4.69, 9.17) is 16.3 Å². The number of rotatable bonds is 7. The number of amides is 1. The lowest BCUT2D eigenvalue weighted by molar-refractivity contribution is -0.255. The molecule has 1 aromatic carbocycles. The van der Waals surface area contributed by atoms with Gasteiger partial charge in [0.05, 0.1) is 17.7 Å². The second-order valence-corrected chi connectivity index (χ2v) is 8.52. The second-order valence-electron chi connectivity index (χ2n) is 8.11. The van der Waals surface area contributed by atoms with Crippen molar-refractivity contribution in [2.45, 2.75) is 32.4 Å². The number of aromatic nitrogens is 2. The Morgan fingerprint density at radius 2 is 2.03 bits per heavy atom. The maximum absolute atomic E-state index is 13.2. The molecule has 1 aliphatic rings. The highest BCUT2D eigenvalue weighted by molar-refractivity contribution is 6.31. The largest absolute Gasteiger partial charge is 0.545 e. The van der Waals surface area contributed by atoms with Gasteiger partial charge in [0.15, 0.2) is 6.61 Å². The van der Waals surface area contributed by atoms with E-state index in [2.05, 4.69) is 9.97 Å². The molecule has 3 heterocycles. The van der Waals surface area contributed by atoms with Crippen molar-refractivity contribution in [1.29, 1.82) is 0 Å². The monoisotopic (exact) mass is 486 g/mol. The molecule has 176 valence electrons. The zero-order valence-corrected chi connectivity index (χ0v) is 19.0. The lowest BCUT2D eigenvalue weighted by Crippen LogP contribution is -2.27. The first-order chi connectivity index (χ1) is 16.0. The molecule has 34 heavy (non-hydrogen) atoms. The van der Waals surface area contributed by atoms with Crippen LogP contribution in [0.15, 0.2) is 48.8 Å². The standard InChI is InChI=1S/C24H20ClF2N3O4/c1-13(17-8-19(25)21(29-10-17)34-12-24(2,26)27)30-11-16-4-3-14(7-18(16)22(30)31)20-9-15(23(32)33)5-6-28-20/h3-10,13H,11-12H2,1-2H3,(H,32,33)/p-1. The van der Waals surface area contributed by atoms with Gasteiger partial charge >= 0.3 is 0 Å². The molecule has 1 amide bonds. The van der Waals surface area contributed by atoms with Crippen molar-refractivity contribution in [3.63, 3.8) is 0 Å².